The highest BCUT2D eigenvalue weighted by molar-refractivity contribution is 5.90. The molecule has 4 rings (SSSR count). The van der Waals surface area contributed by atoms with E-state index in [1.165, 1.54) is 20.3 Å². The molecular weight excluding hydrogens is 292 g/mol. The smallest absolute Gasteiger partial charge is 0.337 e. The van der Waals surface area contributed by atoms with Crippen LogP contribution in [0.5, 0.6) is 0 Å². The number of rotatable bonds is 2. The second-order valence-electron chi connectivity index (χ2n) is 6.08. The van der Waals surface area contributed by atoms with Gasteiger partial charge in [0.15, 0.2) is 5.60 Å². The van der Waals surface area contributed by atoms with E-state index < -0.39 is 42.0 Å². The first-order chi connectivity index (χ1) is 10.5. The molecule has 22 heavy (non-hydrogen) atoms. The van der Waals surface area contributed by atoms with Gasteiger partial charge in [0.1, 0.15) is 12.0 Å². The highest BCUT2D eigenvalue weighted by Gasteiger charge is 2.72. The van der Waals surface area contributed by atoms with Crippen LogP contribution in [0.3, 0.4) is 0 Å². The van der Waals surface area contributed by atoms with Crippen molar-refractivity contribution in [3.05, 3.63) is 24.0 Å². The number of allylic oxidation sites excluding steroid dienone is 1. The molecule has 7 heteroatoms. The molecule has 7 nitrogen and oxygen atoms in total. The first kappa shape index (κ1) is 13.8. The lowest BCUT2D eigenvalue weighted by atomic mass is 9.77. The van der Waals surface area contributed by atoms with Crippen LogP contribution in [-0.4, -0.2) is 48.3 Å². The second-order valence-corrected chi connectivity index (χ2v) is 6.08. The number of hydrogen-bond acceptors (Lipinski definition) is 7. The fraction of sp³-hybridized carbons (Fsp3) is 0.600. The van der Waals surface area contributed by atoms with Crippen LogP contribution in [0.2, 0.25) is 0 Å². The summed E-state index contributed by atoms with van der Waals surface area (Å²) in [5.74, 6) is -2.37. The quantitative estimate of drug-likeness (QED) is 0.562. The van der Waals surface area contributed by atoms with E-state index in [0.717, 1.165) is 0 Å². The van der Waals surface area contributed by atoms with E-state index in [2.05, 4.69) is 0 Å². The molecule has 118 valence electrons. The van der Waals surface area contributed by atoms with Gasteiger partial charge in [-0.15, -0.1) is 0 Å². The monoisotopic (exact) mass is 308 g/mol. The molecule has 0 aromatic carbocycles. The highest BCUT2D eigenvalue weighted by atomic mass is 16.7. The molecule has 3 aliphatic heterocycles. The average Bonchev–Trinajstić information content (AvgIpc) is 3.07. The van der Waals surface area contributed by atoms with Gasteiger partial charge in [-0.05, 0) is 13.0 Å². The molecule has 7 atom stereocenters. The van der Waals surface area contributed by atoms with Gasteiger partial charge in [-0.3, -0.25) is 4.79 Å². The number of carbonyl (C=O) groups excluding carboxylic acids is 2. The molecule has 2 fully saturated rings. The van der Waals surface area contributed by atoms with Crippen molar-refractivity contribution in [2.24, 2.45) is 17.8 Å². The lowest BCUT2D eigenvalue weighted by Crippen LogP contribution is -2.44. The molecule has 0 bridgehead atoms. The van der Waals surface area contributed by atoms with Crippen molar-refractivity contribution >= 4 is 11.9 Å². The van der Waals surface area contributed by atoms with Gasteiger partial charge in [-0.1, -0.05) is 6.08 Å². The van der Waals surface area contributed by atoms with E-state index in [1.807, 2.05) is 6.08 Å². The van der Waals surface area contributed by atoms with E-state index in [4.69, 9.17) is 18.9 Å². The van der Waals surface area contributed by atoms with E-state index >= 15 is 0 Å². The Balaban J connectivity index is 1.74. The van der Waals surface area contributed by atoms with E-state index in [0.29, 0.717) is 5.57 Å². The predicted molar refractivity (Wildman–Crippen MR) is 70.0 cm³/mol. The summed E-state index contributed by atoms with van der Waals surface area (Å²) < 4.78 is 21.7. The number of aliphatic hydroxyl groups excluding tert-OH is 1. The highest BCUT2D eigenvalue weighted by Crippen LogP contribution is 2.58. The summed E-state index contributed by atoms with van der Waals surface area (Å²) in [5, 5.41) is 9.87. The van der Waals surface area contributed by atoms with Crippen molar-refractivity contribution in [1.82, 2.24) is 0 Å². The van der Waals surface area contributed by atoms with Crippen LogP contribution < -0.4 is 0 Å². The first-order valence-electron chi connectivity index (χ1n) is 7.19. The third-order valence-corrected chi connectivity index (χ3v) is 5.00. The number of aliphatic hydroxyl groups is 1. The van der Waals surface area contributed by atoms with E-state index in [-0.39, 0.29) is 11.8 Å². The van der Waals surface area contributed by atoms with Crippen LogP contribution in [0.4, 0.5) is 0 Å². The van der Waals surface area contributed by atoms with Gasteiger partial charge in [0.2, 0.25) is 6.29 Å². The van der Waals surface area contributed by atoms with Gasteiger partial charge < -0.3 is 24.1 Å². The average molecular weight is 308 g/mol. The zero-order valence-electron chi connectivity index (χ0n) is 12.1. The zero-order valence-corrected chi connectivity index (χ0v) is 12.1. The third-order valence-electron chi connectivity index (χ3n) is 5.00. The molecule has 0 amide bonds. The van der Waals surface area contributed by atoms with Crippen molar-refractivity contribution in [3.63, 3.8) is 0 Å². The summed E-state index contributed by atoms with van der Waals surface area (Å²) in [5.41, 5.74) is -0.612. The van der Waals surface area contributed by atoms with Crippen LogP contribution in [0, 0.1) is 17.8 Å². The zero-order chi connectivity index (χ0) is 15.6. The first-order valence-corrected chi connectivity index (χ1v) is 7.19. The van der Waals surface area contributed by atoms with Crippen LogP contribution >= 0.6 is 0 Å². The summed E-state index contributed by atoms with van der Waals surface area (Å²) in [6.07, 6.45) is 2.81. The maximum absolute atomic E-state index is 12.1. The summed E-state index contributed by atoms with van der Waals surface area (Å²) in [4.78, 5) is 24.0. The minimum absolute atomic E-state index is 0.295. The Labute approximate surface area is 126 Å². The van der Waals surface area contributed by atoms with Crippen LogP contribution in [0.25, 0.3) is 0 Å². The van der Waals surface area contributed by atoms with Crippen LogP contribution in [0.1, 0.15) is 6.92 Å². The molecule has 1 N–H and O–H groups in total. The van der Waals surface area contributed by atoms with Gasteiger partial charge in [0.25, 0.3) is 0 Å². The number of hydrogen-bond donors (Lipinski definition) is 1. The molecular formula is C15H16O7. The van der Waals surface area contributed by atoms with Gasteiger partial charge in [-0.25, -0.2) is 4.79 Å². The Bertz CT molecular complexity index is 607. The summed E-state index contributed by atoms with van der Waals surface area (Å²) in [6.45, 7) is 1.53. The Morgan fingerprint density at radius 1 is 1.50 bits per heavy atom. The van der Waals surface area contributed by atoms with E-state index in [1.54, 1.807) is 6.08 Å². The minimum Gasteiger partial charge on any atom is -0.471 e. The lowest BCUT2D eigenvalue weighted by Gasteiger charge is -2.32. The van der Waals surface area contributed by atoms with Gasteiger partial charge in [0, 0.05) is 5.92 Å². The van der Waals surface area contributed by atoms with E-state index in [9.17, 15) is 14.7 Å². The van der Waals surface area contributed by atoms with Crippen molar-refractivity contribution in [2.75, 3.05) is 7.11 Å². The minimum atomic E-state index is -0.985. The van der Waals surface area contributed by atoms with Gasteiger partial charge in [0.05, 0.1) is 31.0 Å². The predicted octanol–water partition coefficient (Wildman–Crippen LogP) is -0.107. The number of carbonyl (C=O) groups is 2. The maximum atomic E-state index is 12.1. The van der Waals surface area contributed by atoms with Crippen LogP contribution in [-0.2, 0) is 28.5 Å². The Morgan fingerprint density at radius 3 is 2.95 bits per heavy atom. The summed E-state index contributed by atoms with van der Waals surface area (Å²) in [6, 6.07) is 0. The Hall–Kier alpha value is -1.86. The molecule has 0 aromatic rings. The fourth-order valence-electron chi connectivity index (χ4n) is 4.04. The summed E-state index contributed by atoms with van der Waals surface area (Å²) >= 11 is 0. The Kier molecular flexibility index (Phi) is 2.71. The third kappa shape index (κ3) is 1.47. The Morgan fingerprint density at radius 2 is 2.27 bits per heavy atom. The number of esters is 2. The topological polar surface area (TPSA) is 91.3 Å². The molecule has 3 heterocycles. The lowest BCUT2D eigenvalue weighted by molar-refractivity contribution is -0.166. The molecule has 0 aromatic heterocycles. The normalized spacial score (nSPS) is 45.5. The molecule has 4 aliphatic rings. The van der Waals surface area contributed by atoms with Gasteiger partial charge in [-0.2, -0.15) is 0 Å². The second kappa shape index (κ2) is 4.33. The summed E-state index contributed by atoms with van der Waals surface area (Å²) in [7, 11) is 1.30. The molecule has 1 spiro atoms. The standard InChI is InChI=1S/C15H16O7/c1-6(16)9-11-15(22-13(9)18)4-3-7-8(12(17)19-2)5-20-14(21-11)10(7)15/h3-7,9-11,14,16H,1-2H3/t6-,7+,9+,10+,11+,14+,15-/m0/s1. The van der Waals surface area contributed by atoms with Crippen molar-refractivity contribution in [2.45, 2.75) is 31.0 Å². The molecule has 2 saturated heterocycles. The molecule has 0 unspecified atom stereocenters. The molecule has 1 aliphatic carbocycles. The number of ether oxygens (including phenoxy) is 4. The van der Waals surface area contributed by atoms with Crippen LogP contribution in [0.15, 0.2) is 24.0 Å². The molecule has 0 saturated carbocycles. The van der Waals surface area contributed by atoms with Crippen molar-refractivity contribution in [1.29, 1.82) is 0 Å². The van der Waals surface area contributed by atoms with Gasteiger partial charge >= 0.3 is 11.9 Å². The number of methoxy groups -OCH3 is 1. The van der Waals surface area contributed by atoms with Crippen molar-refractivity contribution < 1.29 is 33.6 Å². The SMILES string of the molecule is COC(=O)C1=CO[C@@H]2O[C@@H]3[C@@H]([C@H](C)O)C(=O)O[C@]34C=C[C@H]1[C@H]24. The fourth-order valence-corrected chi connectivity index (χ4v) is 4.04. The largest absolute Gasteiger partial charge is 0.471 e. The maximum Gasteiger partial charge on any atom is 0.337 e. The molecule has 0 radical (unpaired) electrons. The van der Waals surface area contributed by atoms with Crippen molar-refractivity contribution in [3.8, 4) is 0 Å².